The number of benzene rings is 1. The number of carbonyl (C=O) groups excluding carboxylic acids is 2. The lowest BCUT2D eigenvalue weighted by atomic mass is 10.3. The number of rotatable bonds is 3. The highest BCUT2D eigenvalue weighted by molar-refractivity contribution is 6.35. The van der Waals surface area contributed by atoms with Gasteiger partial charge in [-0.25, -0.2) is 10.4 Å². The number of amides is 2. The third-order valence-corrected chi connectivity index (χ3v) is 2.46. The topological polar surface area (TPSA) is 96.3 Å². The molecule has 108 valence electrons. The fourth-order valence-corrected chi connectivity index (χ4v) is 1.57. The number of nitrogens with zero attached hydrogens (tertiary/aromatic N) is 3. The molecule has 0 saturated carbocycles. The molecule has 2 rings (SSSR count). The zero-order chi connectivity index (χ0) is 15.2. The third-order valence-electron chi connectivity index (χ3n) is 2.46. The summed E-state index contributed by atoms with van der Waals surface area (Å²) in [6.07, 6.45) is 2.87. The van der Waals surface area contributed by atoms with Crippen LogP contribution in [-0.2, 0) is 9.59 Å². The molecule has 21 heavy (non-hydrogen) atoms. The van der Waals surface area contributed by atoms with Gasteiger partial charge in [-0.3, -0.25) is 14.6 Å². The van der Waals surface area contributed by atoms with Gasteiger partial charge in [-0.2, -0.15) is 5.10 Å². The molecule has 0 aliphatic carbocycles. The van der Waals surface area contributed by atoms with Gasteiger partial charge in [0.05, 0.1) is 23.4 Å². The number of aromatic nitrogens is 2. The van der Waals surface area contributed by atoms with E-state index >= 15 is 0 Å². The molecule has 0 atom stereocenters. The van der Waals surface area contributed by atoms with Gasteiger partial charge in [0.15, 0.2) is 0 Å². The Morgan fingerprint density at radius 2 is 1.90 bits per heavy atom. The molecule has 0 aliphatic rings. The molecular weight excluding hydrogens is 270 g/mol. The quantitative estimate of drug-likeness (QED) is 0.490. The highest BCUT2D eigenvalue weighted by Gasteiger charge is 2.12. The summed E-state index contributed by atoms with van der Waals surface area (Å²) in [7, 11) is 0. The zero-order valence-electron chi connectivity index (χ0n) is 11.7. The van der Waals surface area contributed by atoms with Gasteiger partial charge in [-0.15, -0.1) is 0 Å². The van der Waals surface area contributed by atoms with Gasteiger partial charge in [0, 0.05) is 6.04 Å². The molecule has 2 amide bonds. The molecule has 7 heteroatoms. The maximum atomic E-state index is 11.4. The largest absolute Gasteiger partial charge is 0.346 e. The first-order valence-electron chi connectivity index (χ1n) is 6.42. The maximum Gasteiger partial charge on any atom is 0.329 e. The van der Waals surface area contributed by atoms with Gasteiger partial charge < -0.3 is 5.32 Å². The molecule has 1 aromatic heterocycles. The van der Waals surface area contributed by atoms with Crippen molar-refractivity contribution in [2.45, 2.75) is 19.9 Å². The number of nitrogens with one attached hydrogen (secondary N) is 2. The predicted octanol–water partition coefficient (Wildman–Crippen LogP) is 0.604. The third kappa shape index (κ3) is 4.07. The van der Waals surface area contributed by atoms with Crippen molar-refractivity contribution >= 4 is 29.1 Å². The maximum absolute atomic E-state index is 11.4. The minimum absolute atomic E-state index is 0.112. The average molecular weight is 285 g/mol. The van der Waals surface area contributed by atoms with E-state index in [1.165, 1.54) is 12.4 Å². The second-order valence-electron chi connectivity index (χ2n) is 4.61. The number of hydrazone groups is 1. The Kier molecular flexibility index (Phi) is 4.55. The highest BCUT2D eigenvalue weighted by Crippen LogP contribution is 2.07. The fraction of sp³-hybridized carbons (Fsp3) is 0.214. The van der Waals surface area contributed by atoms with Crippen molar-refractivity contribution in [1.29, 1.82) is 0 Å². The van der Waals surface area contributed by atoms with Crippen LogP contribution in [0.15, 0.2) is 35.6 Å². The molecule has 0 aliphatic heterocycles. The molecular formula is C14H15N5O2. The van der Waals surface area contributed by atoms with Crippen molar-refractivity contribution in [2.24, 2.45) is 5.10 Å². The Hall–Kier alpha value is -2.83. The van der Waals surface area contributed by atoms with E-state index in [2.05, 4.69) is 25.8 Å². The summed E-state index contributed by atoms with van der Waals surface area (Å²) in [5.74, 6) is -1.56. The summed E-state index contributed by atoms with van der Waals surface area (Å²) in [5, 5.41) is 6.15. The molecule has 2 aromatic rings. The molecule has 1 heterocycles. The standard InChI is InChI=1S/C14H15N5O2/c1-9(2)17-13(20)14(21)19-16-8-10-7-15-11-5-3-4-6-12(11)18-10/h3-9H,1-2H3,(H,17,20)(H,19,21)/b16-8-. The van der Waals surface area contributed by atoms with Crippen LogP contribution in [-0.4, -0.2) is 34.0 Å². The van der Waals surface area contributed by atoms with E-state index in [9.17, 15) is 9.59 Å². The molecule has 0 fully saturated rings. The molecule has 7 nitrogen and oxygen atoms in total. The van der Waals surface area contributed by atoms with Gasteiger partial charge in [-0.1, -0.05) is 12.1 Å². The predicted molar refractivity (Wildman–Crippen MR) is 78.6 cm³/mol. The van der Waals surface area contributed by atoms with E-state index in [1.807, 2.05) is 24.3 Å². The first-order chi connectivity index (χ1) is 10.1. The number of carbonyl (C=O) groups is 2. The van der Waals surface area contributed by atoms with Gasteiger partial charge >= 0.3 is 11.8 Å². The minimum atomic E-state index is -0.825. The number of hydrogen-bond donors (Lipinski definition) is 2. The Bertz CT molecular complexity index is 697. The zero-order valence-corrected chi connectivity index (χ0v) is 11.7. The first-order valence-corrected chi connectivity index (χ1v) is 6.42. The Morgan fingerprint density at radius 3 is 2.62 bits per heavy atom. The van der Waals surface area contributed by atoms with Crippen LogP contribution in [0.1, 0.15) is 19.5 Å². The summed E-state index contributed by atoms with van der Waals surface area (Å²) in [6, 6.07) is 7.29. The molecule has 1 aromatic carbocycles. The van der Waals surface area contributed by atoms with Gasteiger partial charge in [0.1, 0.15) is 5.69 Å². The van der Waals surface area contributed by atoms with Crippen LogP contribution in [0.4, 0.5) is 0 Å². The Morgan fingerprint density at radius 1 is 1.19 bits per heavy atom. The second-order valence-corrected chi connectivity index (χ2v) is 4.61. The summed E-state index contributed by atoms with van der Waals surface area (Å²) >= 11 is 0. The lowest BCUT2D eigenvalue weighted by Gasteiger charge is -2.05. The molecule has 0 bridgehead atoms. The number of para-hydroxylation sites is 2. The van der Waals surface area contributed by atoms with Crippen LogP contribution >= 0.6 is 0 Å². The lowest BCUT2D eigenvalue weighted by molar-refractivity contribution is -0.139. The molecule has 0 unspecified atom stereocenters. The minimum Gasteiger partial charge on any atom is -0.346 e. The van der Waals surface area contributed by atoms with Crippen molar-refractivity contribution in [3.8, 4) is 0 Å². The normalized spacial score (nSPS) is 11.0. The monoisotopic (exact) mass is 285 g/mol. The highest BCUT2D eigenvalue weighted by atomic mass is 16.2. The molecule has 0 radical (unpaired) electrons. The average Bonchev–Trinajstić information content (AvgIpc) is 2.46. The van der Waals surface area contributed by atoms with E-state index in [-0.39, 0.29) is 6.04 Å². The lowest BCUT2D eigenvalue weighted by Crippen LogP contribution is -2.41. The molecule has 0 saturated heterocycles. The van der Waals surface area contributed by atoms with Crippen LogP contribution in [0.5, 0.6) is 0 Å². The smallest absolute Gasteiger partial charge is 0.329 e. The molecule has 2 N–H and O–H groups in total. The second kappa shape index (κ2) is 6.56. The first kappa shape index (κ1) is 14.6. The summed E-state index contributed by atoms with van der Waals surface area (Å²) in [4.78, 5) is 31.3. The van der Waals surface area contributed by atoms with Crippen molar-refractivity contribution in [3.63, 3.8) is 0 Å². The Labute approximate surface area is 121 Å². The summed E-state index contributed by atoms with van der Waals surface area (Å²) < 4.78 is 0. The van der Waals surface area contributed by atoms with Crippen LogP contribution < -0.4 is 10.7 Å². The van der Waals surface area contributed by atoms with Crippen LogP contribution in [0.2, 0.25) is 0 Å². The van der Waals surface area contributed by atoms with Crippen molar-refractivity contribution in [3.05, 3.63) is 36.2 Å². The number of hydrogen-bond acceptors (Lipinski definition) is 5. The van der Waals surface area contributed by atoms with Crippen molar-refractivity contribution in [2.75, 3.05) is 0 Å². The summed E-state index contributed by atoms with van der Waals surface area (Å²) in [6.45, 7) is 3.53. The number of fused-ring (bicyclic) bond motifs is 1. The molecule has 0 spiro atoms. The van der Waals surface area contributed by atoms with Crippen LogP contribution in [0, 0.1) is 0 Å². The Balaban J connectivity index is 1.99. The van der Waals surface area contributed by atoms with Crippen LogP contribution in [0.25, 0.3) is 11.0 Å². The van der Waals surface area contributed by atoms with E-state index in [0.717, 1.165) is 11.0 Å². The van der Waals surface area contributed by atoms with E-state index < -0.39 is 11.8 Å². The summed E-state index contributed by atoms with van der Waals surface area (Å²) in [5.41, 5.74) is 4.12. The van der Waals surface area contributed by atoms with Crippen LogP contribution in [0.3, 0.4) is 0 Å². The van der Waals surface area contributed by atoms with E-state index in [1.54, 1.807) is 13.8 Å². The van der Waals surface area contributed by atoms with Crippen molar-refractivity contribution < 1.29 is 9.59 Å². The van der Waals surface area contributed by atoms with Gasteiger partial charge in [0.25, 0.3) is 0 Å². The van der Waals surface area contributed by atoms with Crippen molar-refractivity contribution in [1.82, 2.24) is 20.7 Å². The van der Waals surface area contributed by atoms with Gasteiger partial charge in [0.2, 0.25) is 0 Å². The fourth-order valence-electron chi connectivity index (χ4n) is 1.57. The SMILES string of the molecule is CC(C)NC(=O)C(=O)N/N=C\c1cnc2ccccc2n1. The van der Waals surface area contributed by atoms with E-state index in [4.69, 9.17) is 0 Å². The van der Waals surface area contributed by atoms with E-state index in [0.29, 0.717) is 5.69 Å². The van der Waals surface area contributed by atoms with Gasteiger partial charge in [-0.05, 0) is 26.0 Å².